The molecule has 1 aromatic carbocycles. The summed E-state index contributed by atoms with van der Waals surface area (Å²) in [5, 5.41) is 5.03. The highest BCUT2D eigenvalue weighted by molar-refractivity contribution is 6.07. The molecule has 2 N–H and O–H groups in total. The summed E-state index contributed by atoms with van der Waals surface area (Å²) in [6.45, 7) is 3.18. The number of nitrogens with zero attached hydrogens (tertiary/aromatic N) is 2. The molecule has 0 bridgehead atoms. The number of methoxy groups -OCH3 is 1. The van der Waals surface area contributed by atoms with Crippen LogP contribution in [0.4, 0.5) is 19.3 Å². The number of nitrogens with one attached hydrogen (secondary N) is 2. The lowest BCUT2D eigenvalue weighted by Crippen LogP contribution is -2.54. The summed E-state index contributed by atoms with van der Waals surface area (Å²) < 4.78 is 32.6. The topological polar surface area (TPSA) is 91.0 Å². The highest BCUT2D eigenvalue weighted by Gasteiger charge is 2.55. The molecule has 31 heavy (non-hydrogen) atoms. The van der Waals surface area contributed by atoms with Crippen LogP contribution in [0, 0.1) is 17.6 Å². The molecule has 4 amide bonds. The average Bonchev–Trinajstić information content (AvgIpc) is 3.54. The van der Waals surface area contributed by atoms with Gasteiger partial charge in [-0.1, -0.05) is 0 Å². The molecule has 2 heterocycles. The SMILES string of the molecule is COc1cc(N2CCN(C(=O)CCC3(C4CC4)NC(=O)NC3=O)C[C@@H]2C)cc(F)c1F. The zero-order valence-electron chi connectivity index (χ0n) is 17.5. The fraction of sp³-hybridized carbons (Fsp3) is 0.571. The van der Waals surface area contributed by atoms with Crippen LogP contribution in [0.2, 0.25) is 0 Å². The quantitative estimate of drug-likeness (QED) is 0.664. The molecule has 0 spiro atoms. The van der Waals surface area contributed by atoms with E-state index in [0.717, 1.165) is 18.9 Å². The van der Waals surface area contributed by atoms with Crippen molar-refractivity contribution in [3.63, 3.8) is 0 Å². The van der Waals surface area contributed by atoms with Crippen LogP contribution >= 0.6 is 0 Å². The van der Waals surface area contributed by atoms with Gasteiger partial charge < -0.3 is 19.9 Å². The van der Waals surface area contributed by atoms with Gasteiger partial charge in [0.05, 0.1) is 7.11 Å². The minimum Gasteiger partial charge on any atom is -0.493 e. The molecule has 2 aliphatic heterocycles. The second-order valence-corrected chi connectivity index (χ2v) is 8.48. The predicted octanol–water partition coefficient (Wildman–Crippen LogP) is 1.78. The van der Waals surface area contributed by atoms with Gasteiger partial charge in [-0.25, -0.2) is 9.18 Å². The van der Waals surface area contributed by atoms with Gasteiger partial charge in [0, 0.05) is 49.9 Å². The lowest BCUT2D eigenvalue weighted by Gasteiger charge is -2.41. The first-order valence-corrected chi connectivity index (χ1v) is 10.5. The van der Waals surface area contributed by atoms with Crippen LogP contribution in [0.5, 0.6) is 5.75 Å². The Hall–Kier alpha value is -2.91. The fourth-order valence-corrected chi connectivity index (χ4v) is 4.64. The van der Waals surface area contributed by atoms with Crippen LogP contribution in [0.25, 0.3) is 0 Å². The molecule has 168 valence electrons. The van der Waals surface area contributed by atoms with Crippen molar-refractivity contribution in [1.29, 1.82) is 0 Å². The summed E-state index contributed by atoms with van der Waals surface area (Å²) in [6.07, 6.45) is 2.13. The summed E-state index contributed by atoms with van der Waals surface area (Å²) in [6, 6.07) is 1.95. The van der Waals surface area contributed by atoms with E-state index in [1.54, 1.807) is 4.90 Å². The van der Waals surface area contributed by atoms with E-state index in [2.05, 4.69) is 10.6 Å². The molecule has 3 aliphatic rings. The number of hydrogen-bond donors (Lipinski definition) is 2. The van der Waals surface area contributed by atoms with Crippen LogP contribution in [0.15, 0.2) is 12.1 Å². The third-order valence-electron chi connectivity index (χ3n) is 6.49. The van der Waals surface area contributed by atoms with Crippen molar-refractivity contribution in [2.24, 2.45) is 5.92 Å². The van der Waals surface area contributed by atoms with Crippen molar-refractivity contribution in [1.82, 2.24) is 15.5 Å². The summed E-state index contributed by atoms with van der Waals surface area (Å²) in [5.74, 6) is -2.54. The molecule has 1 aromatic rings. The van der Waals surface area contributed by atoms with E-state index in [1.807, 2.05) is 11.8 Å². The van der Waals surface area contributed by atoms with Crippen LogP contribution in [-0.4, -0.2) is 61.1 Å². The van der Waals surface area contributed by atoms with E-state index in [9.17, 15) is 23.2 Å². The third-order valence-corrected chi connectivity index (χ3v) is 6.49. The standard InChI is InChI=1S/C21H26F2N4O4/c1-12-11-26(7-8-27(12)14-9-15(22)18(23)16(10-14)31-2)17(28)5-6-21(13-3-4-13)19(29)24-20(30)25-21/h9-10,12-13H,3-8,11H2,1-2H3,(H2,24,25,29,30)/t12-,21?/m0/s1. The summed E-state index contributed by atoms with van der Waals surface area (Å²) >= 11 is 0. The molecule has 1 saturated carbocycles. The van der Waals surface area contributed by atoms with Crippen LogP contribution in [0.3, 0.4) is 0 Å². The maximum Gasteiger partial charge on any atom is 0.322 e. The normalized spacial score (nSPS) is 26.0. The van der Waals surface area contributed by atoms with Crippen molar-refractivity contribution in [3.05, 3.63) is 23.8 Å². The molecule has 2 atom stereocenters. The summed E-state index contributed by atoms with van der Waals surface area (Å²) in [7, 11) is 1.28. The number of urea groups is 1. The van der Waals surface area contributed by atoms with Gasteiger partial charge in [-0.2, -0.15) is 4.39 Å². The summed E-state index contributed by atoms with van der Waals surface area (Å²) in [4.78, 5) is 40.5. The maximum absolute atomic E-state index is 13.9. The van der Waals surface area contributed by atoms with E-state index >= 15 is 0 Å². The van der Waals surface area contributed by atoms with Gasteiger partial charge in [-0.15, -0.1) is 0 Å². The van der Waals surface area contributed by atoms with Gasteiger partial charge in [-0.3, -0.25) is 14.9 Å². The molecule has 1 unspecified atom stereocenters. The van der Waals surface area contributed by atoms with Crippen molar-refractivity contribution < 1.29 is 27.9 Å². The Labute approximate surface area is 178 Å². The molecule has 3 fully saturated rings. The molecule has 0 aromatic heterocycles. The first-order valence-electron chi connectivity index (χ1n) is 10.5. The number of halogens is 2. The van der Waals surface area contributed by atoms with Gasteiger partial charge >= 0.3 is 6.03 Å². The first-order chi connectivity index (χ1) is 14.7. The number of ether oxygens (including phenoxy) is 1. The van der Waals surface area contributed by atoms with Crippen LogP contribution in [-0.2, 0) is 9.59 Å². The average molecular weight is 436 g/mol. The molecule has 2 saturated heterocycles. The summed E-state index contributed by atoms with van der Waals surface area (Å²) in [5.41, 5.74) is -0.490. The number of imide groups is 1. The molecule has 10 heteroatoms. The van der Waals surface area contributed by atoms with Crippen LogP contribution < -0.4 is 20.3 Å². The molecule has 0 radical (unpaired) electrons. The minimum absolute atomic E-state index is 0.0749. The third kappa shape index (κ3) is 3.90. The number of piperazine rings is 1. The fourth-order valence-electron chi connectivity index (χ4n) is 4.64. The molecule has 4 rings (SSSR count). The number of benzene rings is 1. The Bertz CT molecular complexity index is 923. The van der Waals surface area contributed by atoms with E-state index in [0.29, 0.717) is 25.3 Å². The second-order valence-electron chi connectivity index (χ2n) is 8.48. The van der Waals surface area contributed by atoms with Gasteiger partial charge in [0.2, 0.25) is 11.7 Å². The molecular weight excluding hydrogens is 410 g/mol. The maximum atomic E-state index is 13.9. The van der Waals surface area contributed by atoms with Crippen LogP contribution in [0.1, 0.15) is 32.6 Å². The zero-order chi connectivity index (χ0) is 22.3. The Morgan fingerprint density at radius 3 is 2.58 bits per heavy atom. The van der Waals surface area contributed by atoms with Crippen molar-refractivity contribution >= 4 is 23.5 Å². The van der Waals surface area contributed by atoms with Gasteiger partial charge in [0.1, 0.15) is 5.54 Å². The lowest BCUT2D eigenvalue weighted by molar-refractivity contribution is -0.133. The number of carbonyl (C=O) groups excluding carboxylic acids is 3. The zero-order valence-corrected chi connectivity index (χ0v) is 17.5. The minimum atomic E-state index is -1.03. The van der Waals surface area contributed by atoms with E-state index in [4.69, 9.17) is 4.74 Å². The Balaban J connectivity index is 1.39. The highest BCUT2D eigenvalue weighted by Crippen LogP contribution is 2.43. The number of anilines is 1. The Kier molecular flexibility index (Phi) is 5.49. The van der Waals surface area contributed by atoms with Gasteiger partial charge in [0.25, 0.3) is 5.91 Å². The number of hydrogen-bond acceptors (Lipinski definition) is 5. The van der Waals surface area contributed by atoms with Gasteiger partial charge in [-0.05, 0) is 32.1 Å². The first kappa shape index (κ1) is 21.3. The molecular formula is C21H26F2N4O4. The van der Waals surface area contributed by atoms with E-state index in [-0.39, 0.29) is 42.4 Å². The van der Waals surface area contributed by atoms with Gasteiger partial charge in [0.15, 0.2) is 11.6 Å². The highest BCUT2D eigenvalue weighted by atomic mass is 19.2. The smallest absolute Gasteiger partial charge is 0.322 e. The monoisotopic (exact) mass is 436 g/mol. The van der Waals surface area contributed by atoms with Crippen molar-refractivity contribution in [2.75, 3.05) is 31.6 Å². The van der Waals surface area contributed by atoms with E-state index < -0.39 is 23.2 Å². The largest absolute Gasteiger partial charge is 0.493 e. The molecule has 1 aliphatic carbocycles. The Morgan fingerprint density at radius 2 is 2.00 bits per heavy atom. The number of carbonyl (C=O) groups is 3. The molecule has 8 nitrogen and oxygen atoms in total. The van der Waals surface area contributed by atoms with Crippen molar-refractivity contribution in [2.45, 2.75) is 44.2 Å². The van der Waals surface area contributed by atoms with Crippen molar-refractivity contribution in [3.8, 4) is 5.75 Å². The predicted molar refractivity (Wildman–Crippen MR) is 108 cm³/mol. The van der Waals surface area contributed by atoms with E-state index in [1.165, 1.54) is 13.2 Å². The number of amides is 4. The Morgan fingerprint density at radius 1 is 1.26 bits per heavy atom. The second kappa shape index (κ2) is 7.97. The number of rotatable bonds is 6. The lowest BCUT2D eigenvalue weighted by atomic mass is 9.87.